The van der Waals surface area contributed by atoms with Crippen LogP contribution < -0.4 is 23.7 Å². The van der Waals surface area contributed by atoms with Gasteiger partial charge in [0.1, 0.15) is 11.5 Å². The number of carbonyl (C=O) groups is 2. The Morgan fingerprint density at radius 3 is 2.24 bits per heavy atom. The van der Waals surface area contributed by atoms with Crippen LogP contribution in [0.4, 0.5) is 0 Å². The maximum Gasteiger partial charge on any atom is 0.231 e. The van der Waals surface area contributed by atoms with E-state index in [0.717, 1.165) is 0 Å². The van der Waals surface area contributed by atoms with Crippen LogP contribution >= 0.6 is 11.6 Å². The summed E-state index contributed by atoms with van der Waals surface area (Å²) in [6, 6.07) is 14.8. The normalized spacial score (nSPS) is 13.3. The second-order valence-electron chi connectivity index (χ2n) is 7.28. The third-order valence-corrected chi connectivity index (χ3v) is 5.41. The summed E-state index contributed by atoms with van der Waals surface area (Å²) in [5, 5.41) is 0.549. The Labute approximate surface area is 201 Å². The largest absolute Gasteiger partial charge is 0.493 e. The third-order valence-electron chi connectivity index (χ3n) is 5.16. The molecule has 7 nitrogen and oxygen atoms in total. The predicted molar refractivity (Wildman–Crippen MR) is 127 cm³/mol. The molecule has 8 heteroatoms. The molecular weight excluding hydrogens is 460 g/mol. The summed E-state index contributed by atoms with van der Waals surface area (Å²) in [5.41, 5.74) is 1.53. The number of hydrogen-bond donors (Lipinski definition) is 0. The standard InChI is InChI=1S/C26H21ClO7/c1-30-23-11-15(12-24(31-2)26(23)32-3)10-22-25(29)19-9-8-18(13-21(19)34-22)33-14-20(28)16-4-6-17(27)7-5-16/h4-13H,14H2,1-3H3. The van der Waals surface area contributed by atoms with Gasteiger partial charge in [0.2, 0.25) is 11.5 Å². The lowest BCUT2D eigenvalue weighted by molar-refractivity contribution is 0.0921. The number of hydrogen-bond acceptors (Lipinski definition) is 7. The van der Waals surface area contributed by atoms with Gasteiger partial charge in [-0.1, -0.05) is 11.6 Å². The molecule has 0 aromatic heterocycles. The molecule has 1 heterocycles. The van der Waals surface area contributed by atoms with Crippen LogP contribution in [-0.2, 0) is 0 Å². The molecule has 0 N–H and O–H groups in total. The van der Waals surface area contributed by atoms with Crippen LogP contribution in [0.15, 0.2) is 60.4 Å². The van der Waals surface area contributed by atoms with Gasteiger partial charge in [0.15, 0.2) is 29.6 Å². The molecule has 0 spiro atoms. The van der Waals surface area contributed by atoms with E-state index in [2.05, 4.69) is 0 Å². The first-order chi connectivity index (χ1) is 16.4. The Kier molecular flexibility index (Phi) is 6.75. The summed E-state index contributed by atoms with van der Waals surface area (Å²) in [6.45, 7) is -0.164. The van der Waals surface area contributed by atoms with Crippen molar-refractivity contribution in [2.75, 3.05) is 27.9 Å². The van der Waals surface area contributed by atoms with Crippen LogP contribution in [-0.4, -0.2) is 39.5 Å². The number of ketones is 2. The molecule has 4 rings (SSSR count). The summed E-state index contributed by atoms with van der Waals surface area (Å²) in [7, 11) is 4.54. The van der Waals surface area contributed by atoms with Gasteiger partial charge in [-0.3, -0.25) is 9.59 Å². The smallest absolute Gasteiger partial charge is 0.231 e. The molecule has 1 aliphatic heterocycles. The number of allylic oxidation sites excluding steroid dienone is 1. The van der Waals surface area contributed by atoms with Gasteiger partial charge in [-0.2, -0.15) is 0 Å². The first-order valence-corrected chi connectivity index (χ1v) is 10.6. The fraction of sp³-hybridized carbons (Fsp3) is 0.154. The predicted octanol–water partition coefficient (Wildman–Crippen LogP) is 5.24. The molecule has 0 amide bonds. The maximum atomic E-state index is 12.8. The number of fused-ring (bicyclic) bond motifs is 1. The average Bonchev–Trinajstić information content (AvgIpc) is 3.16. The minimum atomic E-state index is -0.271. The van der Waals surface area contributed by atoms with Crippen LogP contribution in [0, 0.1) is 0 Å². The molecule has 0 saturated carbocycles. The molecule has 3 aromatic rings. The summed E-state index contributed by atoms with van der Waals surface area (Å²) < 4.78 is 27.5. The number of rotatable bonds is 8. The molecule has 1 aliphatic rings. The topological polar surface area (TPSA) is 80.3 Å². The zero-order chi connectivity index (χ0) is 24.2. The minimum absolute atomic E-state index is 0.138. The fourth-order valence-corrected chi connectivity index (χ4v) is 3.59. The number of Topliss-reactive ketones (excluding diaryl/α,β-unsaturated/α-hetero) is 2. The Bertz CT molecular complexity index is 1250. The molecule has 0 radical (unpaired) electrons. The van der Waals surface area contributed by atoms with E-state index in [1.165, 1.54) is 21.3 Å². The third kappa shape index (κ3) is 4.70. The second-order valence-corrected chi connectivity index (χ2v) is 7.71. The van der Waals surface area contributed by atoms with Crippen molar-refractivity contribution in [2.24, 2.45) is 0 Å². The Hall–Kier alpha value is -3.97. The molecule has 0 atom stereocenters. The van der Waals surface area contributed by atoms with Gasteiger partial charge in [0, 0.05) is 16.7 Å². The van der Waals surface area contributed by atoms with Crippen LogP contribution in [0.5, 0.6) is 28.7 Å². The van der Waals surface area contributed by atoms with Crippen LogP contribution in [0.1, 0.15) is 26.3 Å². The van der Waals surface area contributed by atoms with Crippen molar-refractivity contribution >= 4 is 29.2 Å². The second kappa shape index (κ2) is 9.89. The van der Waals surface area contributed by atoms with E-state index >= 15 is 0 Å². The van der Waals surface area contributed by atoms with Crippen LogP contribution in [0.25, 0.3) is 6.08 Å². The molecule has 0 unspecified atom stereocenters. The quantitative estimate of drug-likeness (QED) is 0.322. The molecule has 0 aliphatic carbocycles. The van der Waals surface area contributed by atoms with Crippen LogP contribution in [0.3, 0.4) is 0 Å². The van der Waals surface area contributed by atoms with E-state index in [4.69, 9.17) is 35.3 Å². The van der Waals surface area contributed by atoms with Gasteiger partial charge in [-0.05, 0) is 60.2 Å². The monoisotopic (exact) mass is 480 g/mol. The van der Waals surface area contributed by atoms with E-state index in [1.54, 1.807) is 60.7 Å². The SMILES string of the molecule is COc1cc(C=C2Oc3cc(OCC(=O)c4ccc(Cl)cc4)ccc3C2=O)cc(OC)c1OC. The van der Waals surface area contributed by atoms with Gasteiger partial charge in [-0.25, -0.2) is 0 Å². The highest BCUT2D eigenvalue weighted by Crippen LogP contribution is 2.40. The van der Waals surface area contributed by atoms with E-state index in [-0.39, 0.29) is 23.9 Å². The van der Waals surface area contributed by atoms with Crippen molar-refractivity contribution in [3.8, 4) is 28.7 Å². The average molecular weight is 481 g/mol. The number of ether oxygens (including phenoxy) is 5. The summed E-state index contributed by atoms with van der Waals surface area (Å²) >= 11 is 5.86. The zero-order valence-corrected chi connectivity index (χ0v) is 19.5. The fourth-order valence-electron chi connectivity index (χ4n) is 3.46. The zero-order valence-electron chi connectivity index (χ0n) is 18.7. The van der Waals surface area contributed by atoms with Crippen molar-refractivity contribution in [3.63, 3.8) is 0 Å². The molecule has 0 fully saturated rings. The van der Waals surface area contributed by atoms with Crippen LogP contribution in [0.2, 0.25) is 5.02 Å². The lowest BCUT2D eigenvalue weighted by atomic mass is 10.1. The Morgan fingerprint density at radius 1 is 0.941 bits per heavy atom. The van der Waals surface area contributed by atoms with Gasteiger partial charge >= 0.3 is 0 Å². The van der Waals surface area contributed by atoms with Crippen molar-refractivity contribution in [3.05, 3.63) is 82.1 Å². The summed E-state index contributed by atoms with van der Waals surface area (Å²) in [5.74, 6) is 1.78. The van der Waals surface area contributed by atoms with E-state index in [1.807, 2.05) is 0 Å². The summed E-state index contributed by atoms with van der Waals surface area (Å²) in [6.07, 6.45) is 1.59. The van der Waals surface area contributed by atoms with Gasteiger partial charge in [0.05, 0.1) is 26.9 Å². The number of halogens is 1. The Balaban J connectivity index is 1.51. The highest BCUT2D eigenvalue weighted by Gasteiger charge is 2.28. The first-order valence-electron chi connectivity index (χ1n) is 10.2. The number of methoxy groups -OCH3 is 3. The summed E-state index contributed by atoms with van der Waals surface area (Å²) in [4.78, 5) is 25.2. The van der Waals surface area contributed by atoms with Crippen molar-refractivity contribution in [2.45, 2.75) is 0 Å². The lowest BCUT2D eigenvalue weighted by Gasteiger charge is -2.13. The number of benzene rings is 3. The highest BCUT2D eigenvalue weighted by atomic mass is 35.5. The minimum Gasteiger partial charge on any atom is -0.493 e. The van der Waals surface area contributed by atoms with Gasteiger partial charge in [0.25, 0.3) is 0 Å². The molecule has 34 heavy (non-hydrogen) atoms. The van der Waals surface area contributed by atoms with E-state index in [9.17, 15) is 9.59 Å². The first kappa shape index (κ1) is 23.2. The van der Waals surface area contributed by atoms with Crippen molar-refractivity contribution in [1.82, 2.24) is 0 Å². The maximum absolute atomic E-state index is 12.8. The molecular formula is C26H21ClO7. The van der Waals surface area contributed by atoms with Gasteiger partial charge < -0.3 is 23.7 Å². The van der Waals surface area contributed by atoms with E-state index < -0.39 is 0 Å². The lowest BCUT2D eigenvalue weighted by Crippen LogP contribution is -2.11. The highest BCUT2D eigenvalue weighted by molar-refractivity contribution is 6.30. The Morgan fingerprint density at radius 2 is 1.62 bits per heavy atom. The molecule has 3 aromatic carbocycles. The number of carbonyl (C=O) groups excluding carboxylic acids is 2. The van der Waals surface area contributed by atoms with Gasteiger partial charge in [-0.15, -0.1) is 0 Å². The molecule has 174 valence electrons. The molecule has 0 bridgehead atoms. The molecule has 0 saturated heterocycles. The van der Waals surface area contributed by atoms with Crippen molar-refractivity contribution in [1.29, 1.82) is 0 Å². The van der Waals surface area contributed by atoms with Crippen molar-refractivity contribution < 1.29 is 33.3 Å². The van der Waals surface area contributed by atoms with E-state index in [0.29, 0.717) is 50.5 Å².